The van der Waals surface area contributed by atoms with E-state index in [0.29, 0.717) is 47.0 Å². The van der Waals surface area contributed by atoms with Crippen molar-refractivity contribution < 1.29 is 14.3 Å². The molecule has 0 aliphatic carbocycles. The van der Waals surface area contributed by atoms with Crippen LogP contribution in [-0.4, -0.2) is 52.5 Å². The van der Waals surface area contributed by atoms with Gasteiger partial charge in [0, 0.05) is 41.9 Å². The maximum Gasteiger partial charge on any atom is 0.254 e. The molecule has 38 heavy (non-hydrogen) atoms. The summed E-state index contributed by atoms with van der Waals surface area (Å²) in [6, 6.07) is 13.2. The molecule has 0 bridgehead atoms. The molecule has 1 saturated heterocycles. The van der Waals surface area contributed by atoms with E-state index in [4.69, 9.17) is 27.9 Å². The number of halogens is 2. The minimum absolute atomic E-state index is 0.0483. The third kappa shape index (κ3) is 5.77. The van der Waals surface area contributed by atoms with Crippen LogP contribution in [0.15, 0.2) is 48.7 Å². The summed E-state index contributed by atoms with van der Waals surface area (Å²) in [5, 5.41) is 7.41. The molecule has 2 aliphatic heterocycles. The first-order valence-electron chi connectivity index (χ1n) is 12.6. The van der Waals surface area contributed by atoms with E-state index in [-0.39, 0.29) is 24.4 Å². The second kappa shape index (κ2) is 10.9. The van der Waals surface area contributed by atoms with Crippen LogP contribution in [0.1, 0.15) is 48.2 Å². The Kier molecular flexibility index (Phi) is 7.56. The van der Waals surface area contributed by atoms with Gasteiger partial charge in [-0.15, -0.1) is 0 Å². The van der Waals surface area contributed by atoms with Crippen molar-refractivity contribution >= 4 is 41.0 Å². The summed E-state index contributed by atoms with van der Waals surface area (Å²) in [6.45, 7) is 5.55. The number of hydrogen-bond acceptors (Lipinski definition) is 6. The lowest BCUT2D eigenvalue weighted by Crippen LogP contribution is -2.46. The van der Waals surface area contributed by atoms with E-state index in [0.717, 1.165) is 29.5 Å². The molecule has 5 rings (SSSR count). The number of anilines is 1. The number of carbonyl (C=O) groups excluding carboxylic acids is 2. The molecule has 1 fully saturated rings. The minimum Gasteiger partial charge on any atom is -0.381 e. The number of amides is 2. The summed E-state index contributed by atoms with van der Waals surface area (Å²) in [4.78, 5) is 36.7. The van der Waals surface area contributed by atoms with Gasteiger partial charge in [-0.25, -0.2) is 9.97 Å². The average molecular weight is 554 g/mol. The van der Waals surface area contributed by atoms with Gasteiger partial charge in [-0.2, -0.15) is 0 Å². The summed E-state index contributed by atoms with van der Waals surface area (Å²) in [6.07, 6.45) is 3.34. The van der Waals surface area contributed by atoms with Crippen molar-refractivity contribution in [2.24, 2.45) is 0 Å². The van der Waals surface area contributed by atoms with Gasteiger partial charge in [-0.3, -0.25) is 9.59 Å². The van der Waals surface area contributed by atoms with Gasteiger partial charge >= 0.3 is 0 Å². The predicted molar refractivity (Wildman–Crippen MR) is 147 cm³/mol. The average Bonchev–Trinajstić information content (AvgIpc) is 3.20. The van der Waals surface area contributed by atoms with Gasteiger partial charge < -0.3 is 20.3 Å². The lowest BCUT2D eigenvalue weighted by molar-refractivity contribution is -0.123. The van der Waals surface area contributed by atoms with Gasteiger partial charge in [-0.1, -0.05) is 47.5 Å². The van der Waals surface area contributed by atoms with Gasteiger partial charge in [0.1, 0.15) is 6.54 Å². The zero-order valence-corrected chi connectivity index (χ0v) is 22.8. The van der Waals surface area contributed by atoms with E-state index in [2.05, 4.69) is 20.6 Å². The molecule has 0 saturated carbocycles. The van der Waals surface area contributed by atoms with Crippen LogP contribution in [0.25, 0.3) is 11.3 Å². The maximum atomic E-state index is 13.2. The SMILES string of the molecule is CC(C)(NC(=O)CN1Cc2ccc(-c3nc(NC4CCOCC4)ncc3Cl)cc2C1=O)c1ccc(Cl)cc1. The fourth-order valence-corrected chi connectivity index (χ4v) is 5.13. The first-order chi connectivity index (χ1) is 18.2. The Hall–Kier alpha value is -3.20. The largest absolute Gasteiger partial charge is 0.381 e. The van der Waals surface area contributed by atoms with E-state index < -0.39 is 5.54 Å². The third-order valence-electron chi connectivity index (χ3n) is 6.91. The van der Waals surface area contributed by atoms with E-state index in [1.54, 1.807) is 29.3 Å². The number of nitrogens with zero attached hydrogens (tertiary/aromatic N) is 3. The Labute approximate surface area is 231 Å². The van der Waals surface area contributed by atoms with Crippen LogP contribution in [0, 0.1) is 0 Å². The van der Waals surface area contributed by atoms with Gasteiger partial charge in [0.2, 0.25) is 11.9 Å². The number of benzene rings is 2. The molecule has 10 heteroatoms. The topological polar surface area (TPSA) is 96.5 Å². The lowest BCUT2D eigenvalue weighted by atomic mass is 9.94. The zero-order valence-electron chi connectivity index (χ0n) is 21.3. The molecule has 0 spiro atoms. The molecular formula is C28H29Cl2N5O3. The smallest absolute Gasteiger partial charge is 0.254 e. The second-order valence-electron chi connectivity index (χ2n) is 10.1. The number of hydrogen-bond donors (Lipinski definition) is 2. The third-order valence-corrected chi connectivity index (χ3v) is 7.44. The summed E-state index contributed by atoms with van der Waals surface area (Å²) in [5.41, 5.74) is 2.96. The molecule has 0 atom stereocenters. The van der Waals surface area contributed by atoms with Crippen molar-refractivity contribution in [2.45, 2.75) is 44.8 Å². The van der Waals surface area contributed by atoms with Crippen LogP contribution in [0.4, 0.5) is 5.95 Å². The first kappa shape index (κ1) is 26.4. The normalized spacial score (nSPS) is 15.9. The molecular weight excluding hydrogens is 525 g/mol. The molecule has 3 aromatic rings. The highest BCUT2D eigenvalue weighted by Crippen LogP contribution is 2.32. The van der Waals surface area contributed by atoms with Crippen LogP contribution >= 0.6 is 23.2 Å². The minimum atomic E-state index is -0.620. The van der Waals surface area contributed by atoms with E-state index in [1.165, 1.54) is 0 Å². The van der Waals surface area contributed by atoms with Crippen LogP contribution in [0.3, 0.4) is 0 Å². The summed E-state index contributed by atoms with van der Waals surface area (Å²) < 4.78 is 5.42. The highest BCUT2D eigenvalue weighted by atomic mass is 35.5. The van der Waals surface area contributed by atoms with E-state index in [1.807, 2.05) is 38.1 Å². The Morgan fingerprint density at radius 2 is 1.87 bits per heavy atom. The number of ether oxygens (including phenoxy) is 1. The highest BCUT2D eigenvalue weighted by molar-refractivity contribution is 6.33. The lowest BCUT2D eigenvalue weighted by Gasteiger charge is -2.28. The van der Waals surface area contributed by atoms with Crippen molar-refractivity contribution in [3.05, 3.63) is 75.4 Å². The number of carbonyl (C=O) groups is 2. The number of rotatable bonds is 7. The number of nitrogens with one attached hydrogen (secondary N) is 2. The fraction of sp³-hybridized carbons (Fsp3) is 0.357. The quantitative estimate of drug-likeness (QED) is 0.425. The van der Waals surface area contributed by atoms with E-state index >= 15 is 0 Å². The Morgan fingerprint density at radius 3 is 2.61 bits per heavy atom. The molecule has 2 N–H and O–H groups in total. The van der Waals surface area contributed by atoms with E-state index in [9.17, 15) is 9.59 Å². The van der Waals surface area contributed by atoms with Crippen molar-refractivity contribution in [1.29, 1.82) is 0 Å². The fourth-order valence-electron chi connectivity index (χ4n) is 4.80. The molecule has 3 heterocycles. The monoisotopic (exact) mass is 553 g/mol. The molecule has 198 valence electrons. The van der Waals surface area contributed by atoms with Gasteiger partial charge in [0.15, 0.2) is 0 Å². The van der Waals surface area contributed by atoms with Gasteiger partial charge in [0.25, 0.3) is 5.91 Å². The Morgan fingerprint density at radius 1 is 1.13 bits per heavy atom. The Balaban J connectivity index is 1.28. The van der Waals surface area contributed by atoms with Crippen molar-refractivity contribution in [1.82, 2.24) is 20.2 Å². The highest BCUT2D eigenvalue weighted by Gasteiger charge is 2.31. The molecule has 2 aromatic carbocycles. The summed E-state index contributed by atoms with van der Waals surface area (Å²) in [7, 11) is 0. The van der Waals surface area contributed by atoms with Crippen LogP contribution in [-0.2, 0) is 21.6 Å². The zero-order chi connectivity index (χ0) is 26.9. The molecule has 0 unspecified atom stereocenters. The Bertz CT molecular complexity index is 1360. The van der Waals surface area contributed by atoms with Gasteiger partial charge in [0.05, 0.1) is 22.5 Å². The van der Waals surface area contributed by atoms with Crippen LogP contribution in [0.5, 0.6) is 0 Å². The van der Waals surface area contributed by atoms with Crippen molar-refractivity contribution in [3.8, 4) is 11.3 Å². The summed E-state index contributed by atoms with van der Waals surface area (Å²) in [5.74, 6) is 0.0470. The maximum absolute atomic E-state index is 13.2. The van der Waals surface area contributed by atoms with Crippen molar-refractivity contribution in [2.75, 3.05) is 25.1 Å². The second-order valence-corrected chi connectivity index (χ2v) is 11.0. The number of aromatic nitrogens is 2. The standard InChI is InChI=1S/C28H29Cl2N5O3/c1-28(2,19-5-7-20(29)8-6-19)34-24(36)16-35-15-18-4-3-17(13-22(18)26(35)37)25-23(30)14-31-27(33-25)32-21-9-11-38-12-10-21/h3-8,13-14,21H,9-12,15-16H2,1-2H3,(H,34,36)(H,31,32,33). The van der Waals surface area contributed by atoms with Gasteiger partial charge in [-0.05, 0) is 56.0 Å². The van der Waals surface area contributed by atoms with Crippen LogP contribution in [0.2, 0.25) is 10.0 Å². The molecule has 0 radical (unpaired) electrons. The number of fused-ring (bicyclic) bond motifs is 1. The molecule has 1 aromatic heterocycles. The first-order valence-corrected chi connectivity index (χ1v) is 13.3. The summed E-state index contributed by atoms with van der Waals surface area (Å²) >= 11 is 12.4. The van der Waals surface area contributed by atoms with Crippen molar-refractivity contribution in [3.63, 3.8) is 0 Å². The molecule has 2 aliphatic rings. The predicted octanol–water partition coefficient (Wildman–Crippen LogP) is 5.05. The van der Waals surface area contributed by atoms with Crippen LogP contribution < -0.4 is 10.6 Å². The molecule has 2 amide bonds. The molecule has 8 nitrogen and oxygen atoms in total.